The van der Waals surface area contributed by atoms with Gasteiger partial charge in [-0.05, 0) is 35.7 Å². The third-order valence-electron chi connectivity index (χ3n) is 6.84. The number of alkyl halides is 3. The Morgan fingerprint density at radius 3 is 2.40 bits per heavy atom. The Bertz CT molecular complexity index is 1140. The number of β-amino-alcohol motifs (C(OH)–C–C–N with tert-alkyl or cyclic N) is 1. The van der Waals surface area contributed by atoms with Gasteiger partial charge in [-0.15, -0.1) is 13.2 Å². The molecule has 3 heterocycles. The molecule has 0 aromatic heterocycles. The summed E-state index contributed by atoms with van der Waals surface area (Å²) in [7, 11) is 0. The summed E-state index contributed by atoms with van der Waals surface area (Å²) in [5, 5.41) is 10.8. The normalized spacial score (nSPS) is 24.5. The number of amides is 2. The van der Waals surface area contributed by atoms with Gasteiger partial charge in [-0.2, -0.15) is 0 Å². The fraction of sp³-hybridized carbons (Fsp3) is 0.417. The predicted octanol–water partition coefficient (Wildman–Crippen LogP) is 2.80. The first-order valence-corrected chi connectivity index (χ1v) is 11.5. The zero-order chi connectivity index (χ0) is 25.0. The van der Waals surface area contributed by atoms with E-state index in [0.29, 0.717) is 30.2 Å². The Labute approximate surface area is 204 Å². The maximum Gasteiger partial charge on any atom is 0.573 e. The van der Waals surface area contributed by atoms with Crippen LogP contribution in [-0.4, -0.2) is 75.3 Å². The van der Waals surface area contributed by atoms with Crippen molar-refractivity contribution in [2.24, 2.45) is 0 Å². The van der Waals surface area contributed by atoms with Gasteiger partial charge in [-0.25, -0.2) is 0 Å². The number of imide groups is 1. The Morgan fingerprint density at radius 1 is 1.06 bits per heavy atom. The van der Waals surface area contributed by atoms with Crippen LogP contribution >= 0.6 is 11.6 Å². The first-order valence-electron chi connectivity index (χ1n) is 11.2. The molecule has 2 aromatic rings. The summed E-state index contributed by atoms with van der Waals surface area (Å²) in [6, 6.07) is 12.0. The number of hydrogen-bond acceptors (Lipinski definition) is 6. The lowest BCUT2D eigenvalue weighted by Crippen LogP contribution is -2.81. The fourth-order valence-corrected chi connectivity index (χ4v) is 5.49. The highest BCUT2D eigenvalue weighted by atomic mass is 35.5. The Morgan fingerprint density at radius 2 is 1.74 bits per heavy atom. The molecule has 3 aliphatic rings. The molecule has 5 rings (SSSR count). The molecule has 0 unspecified atom stereocenters. The van der Waals surface area contributed by atoms with Crippen molar-refractivity contribution >= 4 is 23.4 Å². The third kappa shape index (κ3) is 4.51. The van der Waals surface area contributed by atoms with Crippen LogP contribution in [0.5, 0.6) is 5.75 Å². The Kier molecular flexibility index (Phi) is 6.03. The summed E-state index contributed by atoms with van der Waals surface area (Å²) in [6.07, 6.45) is -5.20. The van der Waals surface area contributed by atoms with Crippen LogP contribution in [0, 0.1) is 0 Å². The third-order valence-corrected chi connectivity index (χ3v) is 7.21. The van der Waals surface area contributed by atoms with Gasteiger partial charge in [0.15, 0.2) is 0 Å². The average Bonchev–Trinajstić information content (AvgIpc) is 3.16. The maximum atomic E-state index is 13.7. The molecule has 3 saturated heterocycles. The summed E-state index contributed by atoms with van der Waals surface area (Å²) >= 11 is 6.27. The zero-order valence-electron chi connectivity index (χ0n) is 18.5. The minimum Gasteiger partial charge on any atom is -0.406 e. The zero-order valence-corrected chi connectivity index (χ0v) is 19.3. The van der Waals surface area contributed by atoms with Gasteiger partial charge in [-0.3, -0.25) is 24.3 Å². The van der Waals surface area contributed by atoms with Crippen molar-refractivity contribution < 1.29 is 32.6 Å². The number of aliphatic hydroxyl groups excluding tert-OH is 1. The summed E-state index contributed by atoms with van der Waals surface area (Å²) in [4.78, 5) is 31.9. The number of hydrogen-bond donors (Lipinski definition) is 1. The second kappa shape index (κ2) is 8.77. The number of ether oxygens (including phenoxy) is 1. The highest BCUT2D eigenvalue weighted by molar-refractivity contribution is 6.31. The average molecular weight is 510 g/mol. The van der Waals surface area contributed by atoms with Crippen molar-refractivity contribution in [3.8, 4) is 5.75 Å². The topological polar surface area (TPSA) is 73.3 Å². The molecule has 3 fully saturated rings. The second-order valence-electron chi connectivity index (χ2n) is 9.25. The second-order valence-corrected chi connectivity index (χ2v) is 9.65. The largest absolute Gasteiger partial charge is 0.573 e. The summed E-state index contributed by atoms with van der Waals surface area (Å²) < 4.78 is 41.1. The molecule has 2 amide bonds. The number of nitrogens with zero attached hydrogens (tertiary/aromatic N) is 3. The lowest BCUT2D eigenvalue weighted by molar-refractivity contribution is -0.274. The van der Waals surface area contributed by atoms with Crippen LogP contribution in [0.25, 0.3) is 0 Å². The number of fused-ring (bicyclic) bond motifs is 2. The number of aliphatic hydroxyl groups is 1. The molecule has 1 spiro atoms. The van der Waals surface area contributed by atoms with Crippen LogP contribution in [0.15, 0.2) is 48.5 Å². The Hall–Kier alpha value is -2.66. The van der Waals surface area contributed by atoms with Crippen molar-refractivity contribution in [1.82, 2.24) is 14.7 Å². The van der Waals surface area contributed by atoms with Gasteiger partial charge in [0, 0.05) is 31.2 Å². The van der Waals surface area contributed by atoms with Crippen molar-refractivity contribution in [2.45, 2.75) is 43.6 Å². The van der Waals surface area contributed by atoms with Crippen LogP contribution < -0.4 is 4.74 Å². The maximum absolute atomic E-state index is 13.7. The van der Waals surface area contributed by atoms with Gasteiger partial charge in [0.2, 0.25) is 5.91 Å². The number of carbonyl (C=O) groups is 2. The number of carbonyl (C=O) groups excluding carboxylic acids is 2. The molecule has 1 N–H and O–H groups in total. The minimum absolute atomic E-state index is 0.0557. The van der Waals surface area contributed by atoms with Crippen LogP contribution in [0.2, 0.25) is 5.02 Å². The molecular formula is C24H23ClF3N3O4. The number of likely N-dealkylation sites (tertiary alicyclic amines) is 1. The number of piperazine rings is 1. The standard InChI is InChI=1S/C24H23ClF3N3O4/c25-19-4-2-1-3-16(19)11-30-21(33)20-9-17(32)12-31(20)23(22(30)34)13-29(14-23)10-15-5-7-18(8-6-15)35-24(26,27)28/h1-8,17,20,32H,9-14H2/t17-,20+/m1/s1. The molecule has 0 saturated carbocycles. The van der Waals surface area contributed by atoms with Gasteiger partial charge in [0.25, 0.3) is 5.91 Å². The van der Waals surface area contributed by atoms with Crippen LogP contribution in [0.4, 0.5) is 13.2 Å². The molecule has 0 radical (unpaired) electrons. The molecule has 2 aromatic carbocycles. The van der Waals surface area contributed by atoms with Crippen molar-refractivity contribution in [3.05, 3.63) is 64.7 Å². The molecular weight excluding hydrogens is 487 g/mol. The molecule has 7 nitrogen and oxygen atoms in total. The van der Waals surface area contributed by atoms with Gasteiger partial charge in [0.05, 0.1) is 18.7 Å². The quantitative estimate of drug-likeness (QED) is 0.625. The monoisotopic (exact) mass is 509 g/mol. The van der Waals surface area contributed by atoms with Gasteiger partial charge in [0.1, 0.15) is 11.3 Å². The predicted molar refractivity (Wildman–Crippen MR) is 119 cm³/mol. The number of halogens is 4. The van der Waals surface area contributed by atoms with E-state index < -0.39 is 24.0 Å². The minimum atomic E-state index is -4.75. The van der Waals surface area contributed by atoms with E-state index in [2.05, 4.69) is 4.74 Å². The van der Waals surface area contributed by atoms with E-state index in [1.165, 1.54) is 17.0 Å². The van der Waals surface area contributed by atoms with Crippen molar-refractivity contribution in [3.63, 3.8) is 0 Å². The molecule has 0 bridgehead atoms. The van der Waals surface area contributed by atoms with Crippen LogP contribution in [0.3, 0.4) is 0 Å². The first kappa shape index (κ1) is 24.1. The van der Waals surface area contributed by atoms with E-state index in [4.69, 9.17) is 11.6 Å². The summed E-state index contributed by atoms with van der Waals surface area (Å²) in [5.74, 6) is -0.958. The SMILES string of the molecule is O=C1[C@@H]2C[C@@H](O)CN2C2(CN(Cc3ccc(OC(F)(F)F)cc3)C2)C(=O)N1Cc1ccccc1Cl. The van der Waals surface area contributed by atoms with Crippen molar-refractivity contribution in [2.75, 3.05) is 19.6 Å². The fourth-order valence-electron chi connectivity index (χ4n) is 5.30. The Balaban J connectivity index is 1.32. The van der Waals surface area contributed by atoms with Crippen molar-refractivity contribution in [1.29, 1.82) is 0 Å². The van der Waals surface area contributed by atoms with E-state index in [-0.39, 0.29) is 37.1 Å². The van der Waals surface area contributed by atoms with Gasteiger partial charge < -0.3 is 9.84 Å². The van der Waals surface area contributed by atoms with Gasteiger partial charge >= 0.3 is 6.36 Å². The highest BCUT2D eigenvalue weighted by Gasteiger charge is 2.64. The summed E-state index contributed by atoms with van der Waals surface area (Å²) in [5.41, 5.74) is 0.478. The summed E-state index contributed by atoms with van der Waals surface area (Å²) in [6.45, 7) is 1.38. The van der Waals surface area contributed by atoms with Crippen LogP contribution in [0.1, 0.15) is 17.5 Å². The van der Waals surface area contributed by atoms with Crippen LogP contribution in [-0.2, 0) is 22.7 Å². The lowest BCUT2D eigenvalue weighted by atomic mass is 9.82. The van der Waals surface area contributed by atoms with E-state index in [1.54, 1.807) is 36.4 Å². The number of rotatable bonds is 5. The van der Waals surface area contributed by atoms with E-state index in [0.717, 1.165) is 5.56 Å². The molecule has 0 aliphatic carbocycles. The molecule has 3 aliphatic heterocycles. The van der Waals surface area contributed by atoms with E-state index in [1.807, 2.05) is 9.80 Å². The highest BCUT2D eigenvalue weighted by Crippen LogP contribution is 2.41. The van der Waals surface area contributed by atoms with Gasteiger partial charge in [-0.1, -0.05) is 41.9 Å². The smallest absolute Gasteiger partial charge is 0.406 e. The molecule has 11 heteroatoms. The molecule has 2 atom stereocenters. The van der Waals surface area contributed by atoms with E-state index >= 15 is 0 Å². The molecule has 186 valence electrons. The first-order chi connectivity index (χ1) is 16.6. The number of benzene rings is 2. The lowest BCUT2D eigenvalue weighted by Gasteiger charge is -2.58. The molecule has 35 heavy (non-hydrogen) atoms. The van der Waals surface area contributed by atoms with E-state index in [9.17, 15) is 27.9 Å².